The largest absolute Gasteiger partial charge is 0.416 e. The van der Waals surface area contributed by atoms with Gasteiger partial charge in [-0.05, 0) is 48.9 Å². The van der Waals surface area contributed by atoms with Crippen LogP contribution in [-0.2, 0) is 19.8 Å². The Bertz CT molecular complexity index is 1790. The van der Waals surface area contributed by atoms with Gasteiger partial charge in [-0.25, -0.2) is 19.9 Å². The summed E-state index contributed by atoms with van der Waals surface area (Å²) in [5, 5.41) is 5.64. The summed E-state index contributed by atoms with van der Waals surface area (Å²) in [6, 6.07) is 10.7. The predicted molar refractivity (Wildman–Crippen MR) is 142 cm³/mol. The molecule has 3 heterocycles. The monoisotopic (exact) mass is 546 g/mol. The van der Waals surface area contributed by atoms with E-state index in [1.165, 1.54) is 29.2 Å². The highest BCUT2D eigenvalue weighted by molar-refractivity contribution is 6.04. The smallest absolute Gasteiger partial charge is 0.349 e. The van der Waals surface area contributed by atoms with E-state index in [0.29, 0.717) is 28.8 Å². The van der Waals surface area contributed by atoms with E-state index in [0.717, 1.165) is 17.8 Å². The van der Waals surface area contributed by atoms with Crippen LogP contribution in [0.4, 0.5) is 24.8 Å². The second-order valence-electron chi connectivity index (χ2n) is 8.84. The van der Waals surface area contributed by atoms with Crippen molar-refractivity contribution in [1.29, 1.82) is 0 Å². The van der Waals surface area contributed by atoms with Crippen LogP contribution in [0.15, 0.2) is 72.0 Å². The average Bonchev–Trinajstić information content (AvgIpc) is 2.95. The molecule has 0 aliphatic rings. The summed E-state index contributed by atoms with van der Waals surface area (Å²) in [5.74, 6) is -0.443. The fourth-order valence-electron chi connectivity index (χ4n) is 3.96. The van der Waals surface area contributed by atoms with Crippen LogP contribution in [-0.4, -0.2) is 35.4 Å². The Labute approximate surface area is 225 Å². The van der Waals surface area contributed by atoms with E-state index in [4.69, 9.17) is 0 Å². The number of benzene rings is 2. The van der Waals surface area contributed by atoms with Crippen molar-refractivity contribution in [3.8, 4) is 11.3 Å². The molecule has 2 N–H and O–H groups in total. The lowest BCUT2D eigenvalue weighted by Crippen LogP contribution is -2.22. The van der Waals surface area contributed by atoms with Gasteiger partial charge in [0.2, 0.25) is 5.95 Å². The molecule has 1 amide bonds. The third-order valence-electron chi connectivity index (χ3n) is 6.08. The number of carbonyl (C=O) groups excluding carboxylic acids is 1. The number of fused-ring (bicyclic) bond motifs is 1. The number of nitrogens with zero attached hydrogens (tertiary/aromatic N) is 6. The number of aromatic nitrogens is 6. The van der Waals surface area contributed by atoms with Crippen LogP contribution in [0.5, 0.6) is 0 Å². The zero-order valence-corrected chi connectivity index (χ0v) is 21.2. The van der Waals surface area contributed by atoms with Crippen LogP contribution in [0.3, 0.4) is 0 Å². The normalized spacial score (nSPS) is 11.4. The van der Waals surface area contributed by atoms with Crippen molar-refractivity contribution < 1.29 is 18.0 Å². The standard InChI is InChI=1S/C27H21F3N8O2/c1-15-6-7-18(35-24(39)16-4-3-5-17(10-16)27(28,29)30)11-20(15)22-25(40)38(2)23-21(36-22)13-33-26(37-23)32-12-19-8-9-31-14-34-19/h3-11,13-14H,12H2,1-2H3,(H,35,39)(H,32,33,37). The van der Waals surface area contributed by atoms with E-state index in [9.17, 15) is 22.8 Å². The van der Waals surface area contributed by atoms with E-state index in [1.807, 2.05) is 0 Å². The minimum atomic E-state index is -4.58. The zero-order chi connectivity index (χ0) is 28.4. The molecular formula is C27H21F3N8O2. The van der Waals surface area contributed by atoms with Gasteiger partial charge >= 0.3 is 6.18 Å². The Morgan fingerprint density at radius 3 is 2.62 bits per heavy atom. The lowest BCUT2D eigenvalue weighted by molar-refractivity contribution is -0.137. The van der Waals surface area contributed by atoms with Crippen molar-refractivity contribution in [1.82, 2.24) is 29.5 Å². The Kier molecular flexibility index (Phi) is 6.94. The van der Waals surface area contributed by atoms with Gasteiger partial charge < -0.3 is 10.6 Å². The summed E-state index contributed by atoms with van der Waals surface area (Å²) >= 11 is 0. The number of hydrogen-bond acceptors (Lipinski definition) is 8. The van der Waals surface area contributed by atoms with Crippen LogP contribution >= 0.6 is 0 Å². The highest BCUT2D eigenvalue weighted by atomic mass is 19.4. The van der Waals surface area contributed by atoms with Crippen LogP contribution < -0.4 is 16.2 Å². The van der Waals surface area contributed by atoms with E-state index >= 15 is 0 Å². The summed E-state index contributed by atoms with van der Waals surface area (Å²) in [7, 11) is 1.56. The van der Waals surface area contributed by atoms with Gasteiger partial charge in [-0.3, -0.25) is 14.2 Å². The first-order chi connectivity index (χ1) is 19.1. The third-order valence-corrected chi connectivity index (χ3v) is 6.08. The zero-order valence-electron chi connectivity index (χ0n) is 21.2. The molecule has 0 radical (unpaired) electrons. The van der Waals surface area contributed by atoms with Gasteiger partial charge in [-0.15, -0.1) is 0 Å². The van der Waals surface area contributed by atoms with Gasteiger partial charge in [0.1, 0.15) is 17.5 Å². The SMILES string of the molecule is Cc1ccc(NC(=O)c2cccc(C(F)(F)F)c2)cc1-c1nc2cnc(NCc3ccncn3)nc2n(C)c1=O. The number of alkyl halides is 3. The number of hydrogen-bond donors (Lipinski definition) is 2. The molecule has 0 saturated heterocycles. The van der Waals surface area contributed by atoms with E-state index < -0.39 is 23.2 Å². The van der Waals surface area contributed by atoms with Gasteiger partial charge in [-0.1, -0.05) is 12.1 Å². The molecule has 202 valence electrons. The van der Waals surface area contributed by atoms with Gasteiger partial charge in [0.25, 0.3) is 11.5 Å². The third kappa shape index (κ3) is 5.48. The second-order valence-corrected chi connectivity index (χ2v) is 8.84. The molecule has 0 saturated carbocycles. The fraction of sp³-hybridized carbons (Fsp3) is 0.148. The van der Waals surface area contributed by atoms with Crippen molar-refractivity contribution in [3.05, 3.63) is 100.0 Å². The second kappa shape index (κ2) is 10.5. The average molecular weight is 547 g/mol. The molecule has 0 unspecified atom stereocenters. The first-order valence-corrected chi connectivity index (χ1v) is 11.9. The quantitative estimate of drug-likeness (QED) is 0.321. The summed E-state index contributed by atoms with van der Waals surface area (Å²) in [6.07, 6.45) is -0.0377. The van der Waals surface area contributed by atoms with Crippen molar-refractivity contribution >= 4 is 28.7 Å². The van der Waals surface area contributed by atoms with E-state index in [1.54, 1.807) is 44.4 Å². The number of halogens is 3. The number of anilines is 2. The summed E-state index contributed by atoms with van der Waals surface area (Å²) in [5.41, 5.74) is 1.42. The molecule has 0 fully saturated rings. The van der Waals surface area contributed by atoms with Crippen molar-refractivity contribution in [3.63, 3.8) is 0 Å². The van der Waals surface area contributed by atoms with E-state index in [-0.39, 0.29) is 22.9 Å². The first-order valence-electron chi connectivity index (χ1n) is 11.9. The molecule has 0 bridgehead atoms. The topological polar surface area (TPSA) is 128 Å². The molecule has 0 atom stereocenters. The van der Waals surface area contributed by atoms with Crippen molar-refractivity contribution in [2.24, 2.45) is 7.05 Å². The molecule has 3 aromatic heterocycles. The van der Waals surface area contributed by atoms with Crippen LogP contribution in [0, 0.1) is 6.92 Å². The molecule has 40 heavy (non-hydrogen) atoms. The lowest BCUT2D eigenvalue weighted by Gasteiger charge is -2.13. The Hall–Kier alpha value is -5.20. The summed E-state index contributed by atoms with van der Waals surface area (Å²) in [6.45, 7) is 2.13. The van der Waals surface area contributed by atoms with Gasteiger partial charge in [-0.2, -0.15) is 18.2 Å². The molecule has 0 spiro atoms. The summed E-state index contributed by atoms with van der Waals surface area (Å²) in [4.78, 5) is 47.2. The van der Waals surface area contributed by atoms with Gasteiger partial charge in [0, 0.05) is 30.1 Å². The molecule has 2 aromatic carbocycles. The van der Waals surface area contributed by atoms with Crippen LogP contribution in [0.1, 0.15) is 27.2 Å². The number of aryl methyl sites for hydroxylation is 2. The molecular weight excluding hydrogens is 525 g/mol. The maximum absolute atomic E-state index is 13.3. The Morgan fingerprint density at radius 1 is 1.05 bits per heavy atom. The molecule has 10 nitrogen and oxygen atoms in total. The van der Waals surface area contributed by atoms with Crippen LogP contribution in [0.2, 0.25) is 0 Å². The maximum Gasteiger partial charge on any atom is 0.416 e. The Balaban J connectivity index is 1.44. The number of rotatable bonds is 6. The predicted octanol–water partition coefficient (Wildman–Crippen LogP) is 4.37. The van der Waals surface area contributed by atoms with E-state index in [2.05, 4.69) is 35.6 Å². The fourth-order valence-corrected chi connectivity index (χ4v) is 3.96. The van der Waals surface area contributed by atoms with Gasteiger partial charge in [0.15, 0.2) is 5.65 Å². The van der Waals surface area contributed by atoms with Crippen molar-refractivity contribution in [2.75, 3.05) is 10.6 Å². The number of amides is 1. The number of nitrogens with one attached hydrogen (secondary N) is 2. The number of carbonyl (C=O) groups is 1. The van der Waals surface area contributed by atoms with Crippen LogP contribution in [0.25, 0.3) is 22.4 Å². The summed E-state index contributed by atoms with van der Waals surface area (Å²) < 4.78 is 40.6. The van der Waals surface area contributed by atoms with Crippen molar-refractivity contribution in [2.45, 2.75) is 19.6 Å². The molecule has 5 aromatic rings. The highest BCUT2D eigenvalue weighted by Crippen LogP contribution is 2.30. The molecule has 5 rings (SSSR count). The Morgan fingerprint density at radius 2 is 1.88 bits per heavy atom. The molecule has 0 aliphatic heterocycles. The minimum absolute atomic E-state index is 0.105. The minimum Gasteiger partial charge on any atom is -0.349 e. The lowest BCUT2D eigenvalue weighted by atomic mass is 10.0. The molecule has 13 heteroatoms. The first kappa shape index (κ1) is 26.4. The maximum atomic E-state index is 13.3. The highest BCUT2D eigenvalue weighted by Gasteiger charge is 2.31. The molecule has 0 aliphatic carbocycles. The van der Waals surface area contributed by atoms with Gasteiger partial charge in [0.05, 0.1) is 24.0 Å².